The molecule has 1 unspecified atom stereocenters. The SMILES string of the molecule is Cc1ccc(S(=O)(=O)[N-]C([N-][C@H](CC(C)C)C(=O)[O-])C(=O)[O-])cc1.[Pt+4].c1ccc(-c2ccccn2)nc1. The Morgan fingerprint density at radius 2 is 1.38 bits per heavy atom. The van der Waals surface area contributed by atoms with Crippen LogP contribution in [0.4, 0.5) is 0 Å². The largest absolute Gasteiger partial charge is 4.00 e. The summed E-state index contributed by atoms with van der Waals surface area (Å²) in [6.07, 6.45) is 1.37. The fourth-order valence-electron chi connectivity index (χ4n) is 2.90. The average molecular weight is 706 g/mol. The zero-order valence-electron chi connectivity index (χ0n) is 20.3. The molecule has 0 aliphatic heterocycles. The summed E-state index contributed by atoms with van der Waals surface area (Å²) >= 11 is 0. The van der Waals surface area contributed by atoms with Crippen LogP contribution in [-0.4, -0.2) is 42.5 Å². The van der Waals surface area contributed by atoms with Gasteiger partial charge in [0.1, 0.15) is 10.0 Å². The minimum atomic E-state index is -4.32. The van der Waals surface area contributed by atoms with E-state index in [-0.39, 0.29) is 38.3 Å². The van der Waals surface area contributed by atoms with Crippen molar-refractivity contribution in [2.75, 3.05) is 0 Å². The summed E-state index contributed by atoms with van der Waals surface area (Å²) < 4.78 is 27.5. The number of rotatable bonds is 10. The quantitative estimate of drug-likeness (QED) is 0.308. The molecule has 0 spiro atoms. The summed E-state index contributed by atoms with van der Waals surface area (Å²) in [6, 6.07) is 15.7. The third-order valence-corrected chi connectivity index (χ3v) is 5.99. The van der Waals surface area contributed by atoms with Crippen LogP contribution in [0.15, 0.2) is 78.0 Å². The standard InChI is InChI=1S/C15H20N2O6S.C10H8N2.Pt/c1-9(2)8-12(14(18)19)16-13(15(20)21)17-24(22,23)11-6-4-10(3)5-7-11;1-3-7-11-9(5-1)10-6-2-4-8-12-10;/h4-7,9,12-13H,8H2,1-3H3,(H,18,19)(H,20,21);1-8H;/q-2;;+4/p-2/t12-,13?;;/m1../s1. The molecule has 37 heavy (non-hydrogen) atoms. The first kappa shape index (κ1) is 32.0. The van der Waals surface area contributed by atoms with Crippen molar-refractivity contribution >= 4 is 22.0 Å². The van der Waals surface area contributed by atoms with E-state index in [0.717, 1.165) is 17.0 Å². The van der Waals surface area contributed by atoms with Crippen molar-refractivity contribution in [3.8, 4) is 11.4 Å². The number of carboxylic acids is 2. The second kappa shape index (κ2) is 15.3. The van der Waals surface area contributed by atoms with Crippen molar-refractivity contribution in [3.05, 3.63) is 88.7 Å². The van der Waals surface area contributed by atoms with E-state index < -0.39 is 34.2 Å². The summed E-state index contributed by atoms with van der Waals surface area (Å²) in [5, 5.41) is 25.7. The molecule has 0 saturated heterocycles. The van der Waals surface area contributed by atoms with Crippen molar-refractivity contribution in [2.24, 2.45) is 5.92 Å². The maximum Gasteiger partial charge on any atom is 4.00 e. The minimum absolute atomic E-state index is 0. The third kappa shape index (κ3) is 10.9. The normalized spacial score (nSPS) is 12.4. The number of aryl methyl sites for hydroxylation is 1. The van der Waals surface area contributed by atoms with Crippen LogP contribution in [0.25, 0.3) is 21.4 Å². The van der Waals surface area contributed by atoms with Crippen LogP contribution >= 0.6 is 0 Å². The first-order valence-corrected chi connectivity index (χ1v) is 12.4. The number of hydrogen-bond donors (Lipinski definition) is 0. The maximum atomic E-state index is 12.2. The summed E-state index contributed by atoms with van der Waals surface area (Å²) in [6.45, 7) is 5.17. The Morgan fingerprint density at radius 1 is 0.865 bits per heavy atom. The first-order valence-electron chi connectivity index (χ1n) is 11.0. The van der Waals surface area contributed by atoms with Gasteiger partial charge in [-0.15, -0.1) is 0 Å². The van der Waals surface area contributed by atoms with E-state index in [1.165, 1.54) is 24.3 Å². The molecule has 0 saturated carbocycles. The topological polar surface area (TPSA) is 168 Å². The molecule has 0 amide bonds. The van der Waals surface area contributed by atoms with Crippen LogP contribution in [-0.2, 0) is 40.7 Å². The molecule has 3 rings (SSSR count). The van der Waals surface area contributed by atoms with E-state index in [9.17, 15) is 28.2 Å². The number of aliphatic carboxylic acids is 2. The molecule has 12 heteroatoms. The van der Waals surface area contributed by atoms with E-state index in [2.05, 4.69) is 20.0 Å². The summed E-state index contributed by atoms with van der Waals surface area (Å²) in [7, 11) is -4.32. The Kier molecular flexibility index (Phi) is 13.3. The smallest absolute Gasteiger partial charge is 0.665 e. The number of carboxylic acid groups (broad SMARTS) is 2. The Bertz CT molecular complexity index is 1190. The van der Waals surface area contributed by atoms with Gasteiger partial charge >= 0.3 is 21.1 Å². The second-order valence-corrected chi connectivity index (χ2v) is 9.76. The van der Waals surface area contributed by atoms with Crippen molar-refractivity contribution in [3.63, 3.8) is 0 Å². The number of pyridine rings is 2. The molecule has 198 valence electrons. The Morgan fingerprint density at radius 3 is 1.76 bits per heavy atom. The van der Waals surface area contributed by atoms with Crippen molar-refractivity contribution in [2.45, 2.75) is 44.3 Å². The van der Waals surface area contributed by atoms with Gasteiger partial charge < -0.3 is 29.8 Å². The molecule has 0 fully saturated rings. The number of aromatic nitrogens is 2. The number of nitrogens with zero attached hydrogens (tertiary/aromatic N) is 4. The van der Waals surface area contributed by atoms with Gasteiger partial charge in [-0.25, -0.2) is 8.42 Å². The molecule has 0 aliphatic rings. The summed E-state index contributed by atoms with van der Waals surface area (Å²) in [4.78, 5) is 30.3. The average Bonchev–Trinajstić information content (AvgIpc) is 2.84. The molecule has 3 aromatic rings. The number of carbonyl (C=O) groups is 2. The van der Waals surface area contributed by atoms with Crippen molar-refractivity contribution < 1.29 is 49.3 Å². The molecule has 2 aromatic heterocycles. The summed E-state index contributed by atoms with van der Waals surface area (Å²) in [5.41, 5.74) is 2.64. The maximum absolute atomic E-state index is 12.2. The monoisotopic (exact) mass is 705 g/mol. The number of carbonyl (C=O) groups excluding carboxylic acids is 2. The first-order chi connectivity index (χ1) is 17.0. The minimum Gasteiger partial charge on any atom is -0.665 e. The third-order valence-electron chi connectivity index (χ3n) is 4.65. The Balaban J connectivity index is 0.000000438. The van der Waals surface area contributed by atoms with Gasteiger partial charge in [-0.2, -0.15) is 6.17 Å². The van der Waals surface area contributed by atoms with E-state index in [1.54, 1.807) is 33.2 Å². The Hall–Kier alpha value is -2.98. The number of benzene rings is 1. The van der Waals surface area contributed by atoms with Crippen LogP contribution in [0, 0.1) is 12.8 Å². The molecule has 1 aromatic carbocycles. The predicted octanol–water partition coefficient (Wildman–Crippen LogP) is 1.81. The van der Waals surface area contributed by atoms with E-state index in [1.807, 2.05) is 36.4 Å². The van der Waals surface area contributed by atoms with Gasteiger partial charge in [-0.1, -0.05) is 56.1 Å². The van der Waals surface area contributed by atoms with Gasteiger partial charge in [0.2, 0.25) is 0 Å². The molecular weight excluding hydrogens is 679 g/mol. The van der Waals surface area contributed by atoms with E-state index in [0.29, 0.717) is 0 Å². The summed E-state index contributed by atoms with van der Waals surface area (Å²) in [5.74, 6) is -3.62. The van der Waals surface area contributed by atoms with Gasteiger partial charge in [0.15, 0.2) is 0 Å². The van der Waals surface area contributed by atoms with Crippen LogP contribution in [0.2, 0.25) is 0 Å². The molecule has 2 atom stereocenters. The van der Waals surface area contributed by atoms with Gasteiger partial charge in [0.25, 0.3) is 0 Å². The van der Waals surface area contributed by atoms with Crippen molar-refractivity contribution in [1.82, 2.24) is 9.97 Å². The van der Waals surface area contributed by atoms with E-state index >= 15 is 0 Å². The molecular formula is C25H26N4O6PtS. The predicted molar refractivity (Wildman–Crippen MR) is 130 cm³/mol. The van der Waals surface area contributed by atoms with Gasteiger partial charge in [0, 0.05) is 29.2 Å². The zero-order chi connectivity index (χ0) is 26.7. The fraction of sp³-hybridized carbons (Fsp3) is 0.280. The molecule has 0 radical (unpaired) electrons. The fourth-order valence-corrected chi connectivity index (χ4v) is 3.90. The molecule has 10 nitrogen and oxygen atoms in total. The molecule has 0 bridgehead atoms. The number of sulfonamides is 1. The zero-order valence-corrected chi connectivity index (χ0v) is 23.4. The second-order valence-electron chi connectivity index (χ2n) is 8.13. The van der Waals surface area contributed by atoms with Gasteiger partial charge in [0.05, 0.1) is 11.4 Å². The molecule has 0 aliphatic carbocycles. The van der Waals surface area contributed by atoms with Crippen LogP contribution in [0.3, 0.4) is 0 Å². The molecule has 0 N–H and O–H groups in total. The van der Waals surface area contributed by atoms with Gasteiger partial charge in [-0.05, 0) is 49.2 Å². The van der Waals surface area contributed by atoms with Crippen LogP contribution in [0.5, 0.6) is 0 Å². The van der Waals surface area contributed by atoms with Crippen LogP contribution in [0.1, 0.15) is 25.8 Å². The van der Waals surface area contributed by atoms with Gasteiger partial charge in [-0.3, -0.25) is 9.97 Å². The molecule has 2 heterocycles. The van der Waals surface area contributed by atoms with Crippen LogP contribution < -0.4 is 10.2 Å². The Labute approximate surface area is 230 Å². The number of hydrogen-bond acceptors (Lipinski definition) is 8. The van der Waals surface area contributed by atoms with E-state index in [4.69, 9.17) is 0 Å². The van der Waals surface area contributed by atoms with Crippen molar-refractivity contribution in [1.29, 1.82) is 0 Å².